The van der Waals surface area contributed by atoms with Crippen LogP contribution in [0, 0.1) is 5.92 Å². The molecule has 0 bridgehead atoms. The summed E-state index contributed by atoms with van der Waals surface area (Å²) in [5, 5.41) is 9.24. The highest BCUT2D eigenvalue weighted by Gasteiger charge is 2.37. The van der Waals surface area contributed by atoms with Gasteiger partial charge < -0.3 is 19.8 Å². The standard InChI is InChI=1S/C26H33ClN4O6S3/c27-22-7-5-20(38-22)21-6-8-24(39-21)40(36,37)28-19-4-2-11-30(25(19)33)16-23(32)31-12-1-3-18(31)15-29-13-9-17(10-14-29)26(34)35/h5-8,17-19,28H,1-4,9-16H2,(H,34,35)/t18-,19-/m0/s1. The van der Waals surface area contributed by atoms with E-state index in [-0.39, 0.29) is 34.5 Å². The Hall–Kier alpha value is -2.03. The van der Waals surface area contributed by atoms with E-state index in [2.05, 4.69) is 9.62 Å². The van der Waals surface area contributed by atoms with Gasteiger partial charge >= 0.3 is 5.97 Å². The zero-order valence-electron chi connectivity index (χ0n) is 22.0. The summed E-state index contributed by atoms with van der Waals surface area (Å²) in [6, 6.07) is 5.98. The van der Waals surface area contributed by atoms with E-state index in [0.717, 1.165) is 33.9 Å². The number of carbonyl (C=O) groups excluding carboxylic acids is 2. The van der Waals surface area contributed by atoms with E-state index in [9.17, 15) is 27.9 Å². The van der Waals surface area contributed by atoms with Gasteiger partial charge in [0.2, 0.25) is 11.8 Å². The number of aliphatic carboxylic acids is 1. The number of rotatable bonds is 9. The molecule has 3 saturated heterocycles. The first-order valence-corrected chi connectivity index (χ1v) is 17.0. The molecule has 0 aromatic carbocycles. The van der Waals surface area contributed by atoms with Crippen LogP contribution in [0.3, 0.4) is 0 Å². The minimum atomic E-state index is -3.92. The summed E-state index contributed by atoms with van der Waals surface area (Å²) < 4.78 is 29.6. The van der Waals surface area contributed by atoms with Gasteiger partial charge in [-0.05, 0) is 75.9 Å². The molecule has 0 spiro atoms. The van der Waals surface area contributed by atoms with E-state index in [4.69, 9.17) is 11.6 Å². The maximum Gasteiger partial charge on any atom is 0.306 e. The number of halogens is 1. The first-order valence-electron chi connectivity index (χ1n) is 13.5. The molecule has 3 aliphatic rings. The molecule has 40 heavy (non-hydrogen) atoms. The third-order valence-electron chi connectivity index (χ3n) is 7.92. The van der Waals surface area contributed by atoms with Gasteiger partial charge in [0.15, 0.2) is 0 Å². The number of likely N-dealkylation sites (tertiary alicyclic amines) is 3. The maximum atomic E-state index is 13.3. The smallest absolute Gasteiger partial charge is 0.306 e. The Labute approximate surface area is 246 Å². The number of hydrogen-bond acceptors (Lipinski definition) is 8. The molecule has 10 nitrogen and oxygen atoms in total. The van der Waals surface area contributed by atoms with Gasteiger partial charge in [-0.1, -0.05) is 11.6 Å². The number of hydrogen-bond donors (Lipinski definition) is 2. The topological polar surface area (TPSA) is 127 Å². The molecule has 14 heteroatoms. The summed E-state index contributed by atoms with van der Waals surface area (Å²) in [7, 11) is -3.92. The van der Waals surface area contributed by atoms with Gasteiger partial charge in [0.25, 0.3) is 10.0 Å². The average Bonchev–Trinajstić information content (AvgIpc) is 3.68. The fraction of sp³-hybridized carbons (Fsp3) is 0.577. The molecule has 0 unspecified atom stereocenters. The van der Waals surface area contributed by atoms with E-state index >= 15 is 0 Å². The summed E-state index contributed by atoms with van der Waals surface area (Å²) in [4.78, 5) is 45.0. The molecule has 0 aliphatic carbocycles. The van der Waals surface area contributed by atoms with Crippen LogP contribution in [0.15, 0.2) is 28.5 Å². The highest BCUT2D eigenvalue weighted by atomic mass is 35.5. The van der Waals surface area contributed by atoms with Crippen LogP contribution in [0.2, 0.25) is 4.34 Å². The predicted octanol–water partition coefficient (Wildman–Crippen LogP) is 3.19. The molecule has 3 fully saturated rings. The Bertz CT molecular complexity index is 1350. The van der Waals surface area contributed by atoms with Crippen LogP contribution in [-0.2, 0) is 24.4 Å². The molecule has 2 amide bonds. The van der Waals surface area contributed by atoms with Crippen LogP contribution in [0.1, 0.15) is 38.5 Å². The number of nitrogens with one attached hydrogen (secondary N) is 1. The fourth-order valence-corrected chi connectivity index (χ4v) is 9.44. The molecule has 0 radical (unpaired) electrons. The molecule has 2 aromatic rings. The third kappa shape index (κ3) is 6.71. The monoisotopic (exact) mass is 628 g/mol. The lowest BCUT2D eigenvalue weighted by atomic mass is 9.96. The highest BCUT2D eigenvalue weighted by molar-refractivity contribution is 7.91. The summed E-state index contributed by atoms with van der Waals surface area (Å²) in [5.74, 6) is -1.54. The SMILES string of the molecule is O=C(O)C1CCN(C[C@@H]2CCCN2C(=O)CN2CCC[C@H](NS(=O)(=O)c3ccc(-c4ccc(Cl)s4)s3)C2=O)CC1. The van der Waals surface area contributed by atoms with E-state index in [1.165, 1.54) is 22.3 Å². The largest absolute Gasteiger partial charge is 0.481 e. The van der Waals surface area contributed by atoms with Crippen molar-refractivity contribution < 1.29 is 27.9 Å². The molecular weight excluding hydrogens is 596 g/mol. The minimum Gasteiger partial charge on any atom is -0.481 e. The van der Waals surface area contributed by atoms with Crippen LogP contribution in [0.25, 0.3) is 9.75 Å². The lowest BCUT2D eigenvalue weighted by molar-refractivity contribution is -0.144. The quantitative estimate of drug-likeness (QED) is 0.437. The van der Waals surface area contributed by atoms with Crippen molar-refractivity contribution in [1.29, 1.82) is 0 Å². The normalized spacial score (nSPS) is 23.2. The van der Waals surface area contributed by atoms with Crippen molar-refractivity contribution in [2.24, 2.45) is 5.92 Å². The van der Waals surface area contributed by atoms with Crippen molar-refractivity contribution in [1.82, 2.24) is 19.4 Å². The van der Waals surface area contributed by atoms with Crippen molar-refractivity contribution in [3.63, 3.8) is 0 Å². The number of sulfonamides is 1. The summed E-state index contributed by atoms with van der Waals surface area (Å²) in [5.41, 5.74) is 0. The van der Waals surface area contributed by atoms with Crippen molar-refractivity contribution in [2.75, 3.05) is 39.3 Å². The van der Waals surface area contributed by atoms with Crippen LogP contribution in [0.4, 0.5) is 0 Å². The summed E-state index contributed by atoms with van der Waals surface area (Å²) in [6.07, 6.45) is 3.97. The van der Waals surface area contributed by atoms with E-state index < -0.39 is 22.0 Å². The van der Waals surface area contributed by atoms with Gasteiger partial charge in [-0.15, -0.1) is 22.7 Å². The van der Waals surface area contributed by atoms with Crippen LogP contribution >= 0.6 is 34.3 Å². The van der Waals surface area contributed by atoms with Gasteiger partial charge in [-0.25, -0.2) is 8.42 Å². The first kappa shape index (κ1) is 29.5. The predicted molar refractivity (Wildman–Crippen MR) is 154 cm³/mol. The molecule has 218 valence electrons. The van der Waals surface area contributed by atoms with Crippen molar-refractivity contribution in [3.8, 4) is 9.75 Å². The summed E-state index contributed by atoms with van der Waals surface area (Å²) >= 11 is 8.50. The van der Waals surface area contributed by atoms with Crippen molar-refractivity contribution in [2.45, 2.75) is 54.8 Å². The lowest BCUT2D eigenvalue weighted by Gasteiger charge is -2.36. The summed E-state index contributed by atoms with van der Waals surface area (Å²) in [6.45, 7) is 3.07. The fourth-order valence-electron chi connectivity index (χ4n) is 5.76. The third-order valence-corrected chi connectivity index (χ3v) is 12.4. The van der Waals surface area contributed by atoms with Crippen LogP contribution in [0.5, 0.6) is 0 Å². The second kappa shape index (κ2) is 12.5. The van der Waals surface area contributed by atoms with E-state index in [0.29, 0.717) is 62.7 Å². The zero-order valence-corrected chi connectivity index (χ0v) is 25.2. The van der Waals surface area contributed by atoms with Gasteiger partial charge in [0.1, 0.15) is 10.3 Å². The van der Waals surface area contributed by atoms with Gasteiger partial charge in [-0.3, -0.25) is 14.4 Å². The molecule has 2 atom stereocenters. The van der Waals surface area contributed by atoms with Gasteiger partial charge in [0, 0.05) is 35.4 Å². The van der Waals surface area contributed by atoms with Crippen LogP contribution in [-0.4, -0.2) is 97.4 Å². The number of nitrogens with zero attached hydrogens (tertiary/aromatic N) is 3. The molecule has 5 heterocycles. The Morgan fingerprint density at radius 2 is 1.68 bits per heavy atom. The number of carboxylic acid groups (broad SMARTS) is 1. The molecule has 5 rings (SSSR count). The maximum absolute atomic E-state index is 13.3. The Morgan fingerprint density at radius 1 is 0.975 bits per heavy atom. The molecular formula is C26H33ClN4O6S3. The van der Waals surface area contributed by atoms with Crippen LogP contribution < -0.4 is 4.72 Å². The zero-order chi connectivity index (χ0) is 28.4. The number of piperidine rings is 2. The molecule has 2 N–H and O–H groups in total. The van der Waals surface area contributed by atoms with E-state index in [1.807, 2.05) is 11.0 Å². The Kier molecular flexibility index (Phi) is 9.17. The first-order chi connectivity index (χ1) is 19.1. The average molecular weight is 629 g/mol. The number of thiophene rings is 2. The molecule has 3 aliphatic heterocycles. The van der Waals surface area contributed by atoms with Gasteiger partial charge in [-0.2, -0.15) is 4.72 Å². The van der Waals surface area contributed by atoms with Gasteiger partial charge in [0.05, 0.1) is 16.8 Å². The number of carbonyl (C=O) groups is 3. The molecule has 2 aromatic heterocycles. The Morgan fingerprint density at radius 3 is 2.38 bits per heavy atom. The van der Waals surface area contributed by atoms with Crippen molar-refractivity contribution >= 4 is 62.1 Å². The highest BCUT2D eigenvalue weighted by Crippen LogP contribution is 2.37. The number of amides is 2. The Balaban J connectivity index is 1.16. The second-order valence-electron chi connectivity index (χ2n) is 10.6. The second-order valence-corrected chi connectivity index (χ2v) is 15.3. The van der Waals surface area contributed by atoms with E-state index in [1.54, 1.807) is 12.1 Å². The lowest BCUT2D eigenvalue weighted by Crippen LogP contribution is -2.55. The molecule has 0 saturated carbocycles. The minimum absolute atomic E-state index is 0.0364. The number of carboxylic acids is 1. The van der Waals surface area contributed by atoms with Crippen molar-refractivity contribution in [3.05, 3.63) is 28.6 Å².